The lowest BCUT2D eigenvalue weighted by Crippen LogP contribution is -2.40. The van der Waals surface area contributed by atoms with Crippen molar-refractivity contribution in [1.82, 2.24) is 4.90 Å². The third-order valence-electron chi connectivity index (χ3n) is 3.82. The van der Waals surface area contributed by atoms with Crippen molar-refractivity contribution in [3.05, 3.63) is 29.8 Å². The third-order valence-corrected chi connectivity index (χ3v) is 4.06. The van der Waals surface area contributed by atoms with E-state index in [0.29, 0.717) is 11.1 Å². The highest BCUT2D eigenvalue weighted by atomic mass is 32.1. The lowest BCUT2D eigenvalue weighted by atomic mass is 10.1. The molecule has 116 valence electrons. The monoisotopic (exact) mass is 308 g/mol. The van der Waals surface area contributed by atoms with Crippen LogP contribution in [0.15, 0.2) is 24.3 Å². The Hall–Kier alpha value is -1.17. The summed E-state index contributed by atoms with van der Waals surface area (Å²) in [5.41, 5.74) is 6.44. The van der Waals surface area contributed by atoms with Crippen LogP contribution in [0.3, 0.4) is 0 Å². The highest BCUT2D eigenvalue weighted by Gasteiger charge is 2.18. The Bertz CT molecular complexity index is 450. The van der Waals surface area contributed by atoms with E-state index in [4.69, 9.17) is 27.4 Å². The standard InChI is InChI=1S/C16H24N2O2S/c1-19-15-4-2-9-18(12-15)10-3-11-20-14-7-5-13(6-8-14)16(17)21/h5-8,15H,2-4,9-12H2,1H3,(H2,17,21). The lowest BCUT2D eigenvalue weighted by Gasteiger charge is -2.31. The molecule has 1 unspecified atom stereocenters. The summed E-state index contributed by atoms with van der Waals surface area (Å²) < 4.78 is 11.2. The van der Waals surface area contributed by atoms with Gasteiger partial charge in [-0.2, -0.15) is 0 Å². The van der Waals surface area contributed by atoms with E-state index < -0.39 is 0 Å². The molecule has 0 aliphatic carbocycles. The van der Waals surface area contributed by atoms with Gasteiger partial charge in [0.25, 0.3) is 0 Å². The SMILES string of the molecule is COC1CCCN(CCCOc2ccc(C(N)=S)cc2)C1. The van der Waals surface area contributed by atoms with E-state index in [2.05, 4.69) is 4.90 Å². The number of nitrogens with zero attached hydrogens (tertiary/aromatic N) is 1. The van der Waals surface area contributed by atoms with E-state index in [1.807, 2.05) is 24.3 Å². The summed E-state index contributed by atoms with van der Waals surface area (Å²) in [6.07, 6.45) is 3.82. The molecule has 4 nitrogen and oxygen atoms in total. The molecule has 0 spiro atoms. The Morgan fingerprint density at radius 2 is 2.14 bits per heavy atom. The maximum atomic E-state index is 5.74. The van der Waals surface area contributed by atoms with E-state index in [9.17, 15) is 0 Å². The molecule has 1 aromatic rings. The van der Waals surface area contributed by atoms with Crippen molar-refractivity contribution in [2.45, 2.75) is 25.4 Å². The van der Waals surface area contributed by atoms with Gasteiger partial charge in [-0.05, 0) is 50.1 Å². The first-order chi connectivity index (χ1) is 10.2. The van der Waals surface area contributed by atoms with Gasteiger partial charge in [-0.1, -0.05) is 12.2 Å². The summed E-state index contributed by atoms with van der Waals surface area (Å²) in [7, 11) is 1.80. The van der Waals surface area contributed by atoms with Gasteiger partial charge in [-0.15, -0.1) is 0 Å². The molecule has 1 saturated heterocycles. The number of hydrogen-bond donors (Lipinski definition) is 1. The fourth-order valence-corrected chi connectivity index (χ4v) is 2.74. The zero-order chi connectivity index (χ0) is 15.1. The number of likely N-dealkylation sites (tertiary alicyclic amines) is 1. The number of hydrogen-bond acceptors (Lipinski definition) is 4. The van der Waals surface area contributed by atoms with Crippen LogP contribution in [-0.4, -0.2) is 49.3 Å². The molecule has 0 radical (unpaired) electrons. The predicted molar refractivity (Wildman–Crippen MR) is 88.9 cm³/mol. The molecule has 0 bridgehead atoms. The second-order valence-electron chi connectivity index (χ2n) is 5.39. The Kier molecular flexibility index (Phi) is 6.42. The van der Waals surface area contributed by atoms with Crippen molar-refractivity contribution in [3.63, 3.8) is 0 Å². The summed E-state index contributed by atoms with van der Waals surface area (Å²) in [4.78, 5) is 2.87. The van der Waals surface area contributed by atoms with E-state index >= 15 is 0 Å². The smallest absolute Gasteiger partial charge is 0.119 e. The molecule has 21 heavy (non-hydrogen) atoms. The Morgan fingerprint density at radius 3 is 2.81 bits per heavy atom. The van der Waals surface area contributed by atoms with Crippen molar-refractivity contribution in [3.8, 4) is 5.75 Å². The van der Waals surface area contributed by atoms with Crippen LogP contribution in [0.25, 0.3) is 0 Å². The molecule has 0 saturated carbocycles. The van der Waals surface area contributed by atoms with Gasteiger partial charge in [0.05, 0.1) is 12.7 Å². The van der Waals surface area contributed by atoms with Crippen LogP contribution in [-0.2, 0) is 4.74 Å². The number of rotatable bonds is 7. The number of thiocarbonyl (C=S) groups is 1. The van der Waals surface area contributed by atoms with E-state index in [-0.39, 0.29) is 0 Å². The number of benzene rings is 1. The van der Waals surface area contributed by atoms with E-state index in [1.165, 1.54) is 19.4 Å². The van der Waals surface area contributed by atoms with Gasteiger partial charge < -0.3 is 20.1 Å². The normalized spacial score (nSPS) is 19.4. The molecule has 1 aliphatic rings. The molecule has 1 aliphatic heterocycles. The minimum atomic E-state index is 0.396. The van der Waals surface area contributed by atoms with Crippen LogP contribution in [0.5, 0.6) is 5.75 Å². The second kappa shape index (κ2) is 8.32. The van der Waals surface area contributed by atoms with E-state index in [0.717, 1.165) is 37.4 Å². The highest BCUT2D eigenvalue weighted by Crippen LogP contribution is 2.14. The second-order valence-corrected chi connectivity index (χ2v) is 5.83. The number of methoxy groups -OCH3 is 1. The number of piperidine rings is 1. The first-order valence-electron chi connectivity index (χ1n) is 7.47. The first kappa shape index (κ1) is 16.2. The van der Waals surface area contributed by atoms with Crippen LogP contribution in [0.4, 0.5) is 0 Å². The van der Waals surface area contributed by atoms with Crippen molar-refractivity contribution in [2.75, 3.05) is 33.4 Å². The molecule has 2 N–H and O–H groups in total. The van der Waals surface area contributed by atoms with Crippen molar-refractivity contribution in [2.24, 2.45) is 5.73 Å². The van der Waals surface area contributed by atoms with Crippen LogP contribution in [0.1, 0.15) is 24.8 Å². The molecular weight excluding hydrogens is 284 g/mol. The molecule has 1 heterocycles. The topological polar surface area (TPSA) is 47.7 Å². The van der Waals surface area contributed by atoms with Gasteiger partial charge >= 0.3 is 0 Å². The highest BCUT2D eigenvalue weighted by molar-refractivity contribution is 7.80. The van der Waals surface area contributed by atoms with Crippen LogP contribution in [0, 0.1) is 0 Å². The van der Waals surface area contributed by atoms with E-state index in [1.54, 1.807) is 7.11 Å². The van der Waals surface area contributed by atoms with Crippen LogP contribution < -0.4 is 10.5 Å². The fraction of sp³-hybridized carbons (Fsp3) is 0.562. The van der Waals surface area contributed by atoms with Gasteiger partial charge in [0.1, 0.15) is 10.7 Å². The first-order valence-corrected chi connectivity index (χ1v) is 7.87. The van der Waals surface area contributed by atoms with Gasteiger partial charge in [0.2, 0.25) is 0 Å². The number of nitrogens with two attached hydrogens (primary N) is 1. The fourth-order valence-electron chi connectivity index (χ4n) is 2.60. The quantitative estimate of drug-likeness (QED) is 0.618. The van der Waals surface area contributed by atoms with Gasteiger partial charge in [-0.3, -0.25) is 0 Å². The van der Waals surface area contributed by atoms with Crippen LogP contribution >= 0.6 is 12.2 Å². The maximum absolute atomic E-state index is 5.74. The van der Waals surface area contributed by atoms with Gasteiger partial charge in [0.15, 0.2) is 0 Å². The zero-order valence-corrected chi connectivity index (χ0v) is 13.4. The molecular formula is C16H24N2O2S. The van der Waals surface area contributed by atoms with Crippen molar-refractivity contribution in [1.29, 1.82) is 0 Å². The maximum Gasteiger partial charge on any atom is 0.119 e. The summed E-state index contributed by atoms with van der Waals surface area (Å²) in [6.45, 7) is 3.99. The predicted octanol–water partition coefficient (Wildman–Crippen LogP) is 2.20. The third kappa shape index (κ3) is 5.26. The molecule has 1 fully saturated rings. The Morgan fingerprint density at radius 1 is 1.38 bits per heavy atom. The minimum absolute atomic E-state index is 0.396. The zero-order valence-electron chi connectivity index (χ0n) is 12.6. The van der Waals surface area contributed by atoms with Gasteiger partial charge in [0, 0.05) is 25.8 Å². The largest absolute Gasteiger partial charge is 0.494 e. The average molecular weight is 308 g/mol. The molecule has 0 aromatic heterocycles. The Labute approximate surface area is 132 Å². The van der Waals surface area contributed by atoms with Crippen molar-refractivity contribution < 1.29 is 9.47 Å². The lowest BCUT2D eigenvalue weighted by molar-refractivity contribution is 0.0299. The summed E-state index contributed by atoms with van der Waals surface area (Å²) >= 11 is 4.92. The summed E-state index contributed by atoms with van der Waals surface area (Å²) in [5, 5.41) is 0. The average Bonchev–Trinajstić information content (AvgIpc) is 2.52. The molecule has 0 amide bonds. The minimum Gasteiger partial charge on any atom is -0.494 e. The summed E-state index contributed by atoms with van der Waals surface area (Å²) in [6, 6.07) is 7.61. The number of ether oxygens (including phenoxy) is 2. The van der Waals surface area contributed by atoms with Crippen molar-refractivity contribution >= 4 is 17.2 Å². The molecule has 1 atom stereocenters. The van der Waals surface area contributed by atoms with Crippen LogP contribution in [0.2, 0.25) is 0 Å². The molecule has 5 heteroatoms. The van der Waals surface area contributed by atoms with Gasteiger partial charge in [-0.25, -0.2) is 0 Å². The molecule has 2 rings (SSSR count). The Balaban J connectivity index is 1.66. The summed E-state index contributed by atoms with van der Waals surface area (Å²) in [5.74, 6) is 0.864. The molecule has 1 aromatic carbocycles.